The molecule has 0 aromatic heterocycles. The first kappa shape index (κ1) is 11.2. The van der Waals surface area contributed by atoms with Crippen molar-refractivity contribution in [3.05, 3.63) is 39.5 Å². The molecule has 0 N–H and O–H groups in total. The average Bonchev–Trinajstić information content (AvgIpc) is 2.15. The van der Waals surface area contributed by atoms with Crippen LogP contribution < -0.4 is 0 Å². The van der Waals surface area contributed by atoms with Gasteiger partial charge < -0.3 is 4.74 Å². The van der Waals surface area contributed by atoms with E-state index in [-0.39, 0.29) is 5.97 Å². The number of hydrogen-bond donors (Lipinski definition) is 0. The predicted octanol–water partition coefficient (Wildman–Crippen LogP) is 2.87. The Hall–Kier alpha value is -0.840. The molecule has 0 radical (unpaired) electrons. The van der Waals surface area contributed by atoms with Crippen LogP contribution in [-0.2, 0) is 9.53 Å². The summed E-state index contributed by atoms with van der Waals surface area (Å²) in [6, 6.07) is 7.89. The molecule has 1 rings (SSSR count). The van der Waals surface area contributed by atoms with Gasteiger partial charge >= 0.3 is 5.97 Å². The van der Waals surface area contributed by atoms with Crippen molar-refractivity contribution in [2.75, 3.05) is 6.61 Å². The van der Waals surface area contributed by atoms with E-state index in [2.05, 4.69) is 22.6 Å². The Kier molecular flexibility index (Phi) is 4.65. The number of halogens is 1. The summed E-state index contributed by atoms with van der Waals surface area (Å²) in [5.41, 5.74) is 1.00. The molecule has 0 heterocycles. The fraction of sp³-hybridized carbons (Fsp3) is 0.182. The molecule has 0 fully saturated rings. The van der Waals surface area contributed by atoms with Gasteiger partial charge in [0.2, 0.25) is 0 Å². The molecule has 0 aliphatic rings. The van der Waals surface area contributed by atoms with E-state index in [4.69, 9.17) is 4.74 Å². The molecule has 0 saturated heterocycles. The van der Waals surface area contributed by atoms with Crippen LogP contribution >= 0.6 is 22.6 Å². The van der Waals surface area contributed by atoms with Crippen molar-refractivity contribution >= 4 is 34.6 Å². The van der Waals surface area contributed by atoms with Gasteiger partial charge in [-0.2, -0.15) is 0 Å². The lowest BCUT2D eigenvalue weighted by molar-refractivity contribution is -0.137. The molecule has 74 valence electrons. The van der Waals surface area contributed by atoms with Gasteiger partial charge in [-0.1, -0.05) is 12.1 Å². The molecule has 0 spiro atoms. The highest BCUT2D eigenvalue weighted by Gasteiger charge is 1.93. The standard InChI is InChI=1S/C11H11IO2/c1-2-14-11(13)7-6-9-4-3-5-10(12)8-9/h3-8H,2H2,1H3/b7-6-. The van der Waals surface area contributed by atoms with Crippen LogP contribution in [0.5, 0.6) is 0 Å². The zero-order valence-electron chi connectivity index (χ0n) is 7.87. The number of carbonyl (C=O) groups is 1. The van der Waals surface area contributed by atoms with Crippen molar-refractivity contribution in [1.82, 2.24) is 0 Å². The van der Waals surface area contributed by atoms with Crippen molar-refractivity contribution in [1.29, 1.82) is 0 Å². The molecule has 1 aromatic carbocycles. The van der Waals surface area contributed by atoms with Crippen LogP contribution in [0.25, 0.3) is 6.08 Å². The van der Waals surface area contributed by atoms with Crippen molar-refractivity contribution in [2.45, 2.75) is 6.92 Å². The van der Waals surface area contributed by atoms with Crippen LogP contribution in [-0.4, -0.2) is 12.6 Å². The van der Waals surface area contributed by atoms with Gasteiger partial charge in [0.15, 0.2) is 0 Å². The molecule has 1 aromatic rings. The van der Waals surface area contributed by atoms with E-state index in [0.29, 0.717) is 6.61 Å². The summed E-state index contributed by atoms with van der Waals surface area (Å²) in [5.74, 6) is -0.300. The Morgan fingerprint density at radius 1 is 1.57 bits per heavy atom. The fourth-order valence-corrected chi connectivity index (χ4v) is 1.53. The minimum absolute atomic E-state index is 0.300. The quantitative estimate of drug-likeness (QED) is 0.487. The summed E-state index contributed by atoms with van der Waals surface area (Å²) in [7, 11) is 0. The van der Waals surface area contributed by atoms with Gasteiger partial charge in [-0.15, -0.1) is 0 Å². The molecule has 0 saturated carbocycles. The second kappa shape index (κ2) is 5.80. The van der Waals surface area contributed by atoms with Crippen LogP contribution in [0.1, 0.15) is 12.5 Å². The minimum Gasteiger partial charge on any atom is -0.463 e. The highest BCUT2D eigenvalue weighted by atomic mass is 127. The van der Waals surface area contributed by atoms with Crippen molar-refractivity contribution in [3.8, 4) is 0 Å². The predicted molar refractivity (Wildman–Crippen MR) is 64.8 cm³/mol. The molecule has 0 aliphatic carbocycles. The molecule has 14 heavy (non-hydrogen) atoms. The molecule has 0 amide bonds. The first-order valence-corrected chi connectivity index (χ1v) is 5.40. The molecule has 0 aliphatic heterocycles. The summed E-state index contributed by atoms with van der Waals surface area (Å²) in [6.45, 7) is 2.20. The summed E-state index contributed by atoms with van der Waals surface area (Å²) in [6.07, 6.45) is 3.19. The summed E-state index contributed by atoms with van der Waals surface area (Å²) in [4.78, 5) is 11.0. The van der Waals surface area contributed by atoms with Gasteiger partial charge in [-0.3, -0.25) is 0 Å². The van der Waals surface area contributed by atoms with Gasteiger partial charge in [0.05, 0.1) is 6.61 Å². The number of hydrogen-bond acceptors (Lipinski definition) is 2. The second-order valence-electron chi connectivity index (χ2n) is 2.64. The zero-order valence-corrected chi connectivity index (χ0v) is 10.0. The highest BCUT2D eigenvalue weighted by molar-refractivity contribution is 14.1. The second-order valence-corrected chi connectivity index (χ2v) is 3.89. The number of rotatable bonds is 3. The van der Waals surface area contributed by atoms with Gasteiger partial charge in [0, 0.05) is 9.65 Å². The maximum atomic E-state index is 11.0. The van der Waals surface area contributed by atoms with Gasteiger partial charge in [0.1, 0.15) is 0 Å². The van der Waals surface area contributed by atoms with Gasteiger partial charge in [-0.25, -0.2) is 4.79 Å². The van der Waals surface area contributed by atoms with Crippen LogP contribution in [0, 0.1) is 3.57 Å². The van der Waals surface area contributed by atoms with Gasteiger partial charge in [0.25, 0.3) is 0 Å². The Morgan fingerprint density at radius 2 is 2.36 bits per heavy atom. The van der Waals surface area contributed by atoms with E-state index < -0.39 is 0 Å². The van der Waals surface area contributed by atoms with E-state index in [1.807, 2.05) is 24.3 Å². The smallest absolute Gasteiger partial charge is 0.330 e. The van der Waals surface area contributed by atoms with Crippen molar-refractivity contribution in [2.24, 2.45) is 0 Å². The third-order valence-electron chi connectivity index (χ3n) is 1.55. The van der Waals surface area contributed by atoms with E-state index in [1.165, 1.54) is 6.08 Å². The highest BCUT2D eigenvalue weighted by Crippen LogP contribution is 2.09. The lowest BCUT2D eigenvalue weighted by Crippen LogP contribution is -1.98. The third kappa shape index (κ3) is 3.91. The van der Waals surface area contributed by atoms with Gasteiger partial charge in [-0.05, 0) is 53.3 Å². The van der Waals surface area contributed by atoms with E-state index in [1.54, 1.807) is 13.0 Å². The van der Waals surface area contributed by atoms with Crippen molar-refractivity contribution in [3.63, 3.8) is 0 Å². The number of esters is 1. The number of carbonyl (C=O) groups excluding carboxylic acids is 1. The SMILES string of the molecule is CCOC(=O)/C=C\c1cccc(I)c1. The molecular formula is C11H11IO2. The number of benzene rings is 1. The Bertz CT molecular complexity index is 345. The molecule has 0 atom stereocenters. The van der Waals surface area contributed by atoms with E-state index in [9.17, 15) is 4.79 Å². The van der Waals surface area contributed by atoms with E-state index >= 15 is 0 Å². The largest absolute Gasteiger partial charge is 0.463 e. The molecular weight excluding hydrogens is 291 g/mol. The normalized spacial score (nSPS) is 10.4. The minimum atomic E-state index is -0.300. The van der Waals surface area contributed by atoms with E-state index in [0.717, 1.165) is 9.13 Å². The number of ether oxygens (including phenoxy) is 1. The van der Waals surface area contributed by atoms with Crippen LogP contribution in [0.15, 0.2) is 30.3 Å². The summed E-state index contributed by atoms with van der Waals surface area (Å²) < 4.78 is 5.91. The molecule has 0 bridgehead atoms. The molecule has 2 nitrogen and oxygen atoms in total. The monoisotopic (exact) mass is 302 g/mol. The first-order valence-electron chi connectivity index (χ1n) is 4.33. The molecule has 3 heteroatoms. The third-order valence-corrected chi connectivity index (χ3v) is 2.22. The lowest BCUT2D eigenvalue weighted by Gasteiger charge is -1.96. The van der Waals surface area contributed by atoms with Crippen molar-refractivity contribution < 1.29 is 9.53 Å². The Morgan fingerprint density at radius 3 is 3.00 bits per heavy atom. The summed E-state index contributed by atoms with van der Waals surface area (Å²) in [5, 5.41) is 0. The van der Waals surface area contributed by atoms with Crippen LogP contribution in [0.3, 0.4) is 0 Å². The Labute approximate surface area is 97.1 Å². The topological polar surface area (TPSA) is 26.3 Å². The van der Waals surface area contributed by atoms with Crippen LogP contribution in [0.4, 0.5) is 0 Å². The lowest BCUT2D eigenvalue weighted by atomic mass is 10.2. The zero-order chi connectivity index (χ0) is 10.4. The first-order chi connectivity index (χ1) is 6.72. The molecule has 0 unspecified atom stereocenters. The average molecular weight is 302 g/mol. The van der Waals surface area contributed by atoms with Crippen LogP contribution in [0.2, 0.25) is 0 Å². The maximum Gasteiger partial charge on any atom is 0.330 e. The fourth-order valence-electron chi connectivity index (χ4n) is 0.965. The maximum absolute atomic E-state index is 11.0. The summed E-state index contributed by atoms with van der Waals surface area (Å²) >= 11 is 2.23. The Balaban J connectivity index is 2.64.